The molecule has 1 aliphatic rings. The Bertz CT molecular complexity index is 757. The molecule has 0 spiro atoms. The quantitative estimate of drug-likeness (QED) is 0.804. The van der Waals surface area contributed by atoms with Crippen LogP contribution < -0.4 is 4.90 Å². The van der Waals surface area contributed by atoms with Crippen molar-refractivity contribution in [2.45, 2.75) is 19.9 Å². The second-order valence-electron chi connectivity index (χ2n) is 4.46. The van der Waals surface area contributed by atoms with Gasteiger partial charge in [0.1, 0.15) is 12.4 Å². The van der Waals surface area contributed by atoms with E-state index in [1.54, 1.807) is 0 Å². The molecule has 2 heterocycles. The van der Waals surface area contributed by atoms with Crippen LogP contribution in [0.2, 0.25) is 0 Å². The molecular weight excluding hydrogens is 284 g/mol. The Balaban J connectivity index is 2.01. The molecule has 1 aromatic heterocycles. The lowest BCUT2D eigenvalue weighted by Crippen LogP contribution is -2.29. The molecule has 0 aliphatic carbocycles. The molecule has 1 amide bonds. The first-order valence-electron chi connectivity index (χ1n) is 6.18. The Kier molecular flexibility index (Phi) is 3.00. The molecule has 2 aromatic rings. The standard InChI is InChI=1S/C13H9F2N3O3/c1-2-9-16-10(21-17-9)5-18-11-7(12(19)13(18)20)3-6(14)4-8(11)15/h3-4H,2,5H2,1H3. The molecule has 0 atom stereocenters. The second kappa shape index (κ2) is 4.72. The Morgan fingerprint density at radius 1 is 1.29 bits per heavy atom. The molecule has 1 aromatic carbocycles. The topological polar surface area (TPSA) is 76.3 Å². The lowest BCUT2D eigenvalue weighted by molar-refractivity contribution is -0.114. The van der Waals surface area contributed by atoms with Gasteiger partial charge >= 0.3 is 0 Å². The van der Waals surface area contributed by atoms with Crippen LogP contribution in [0.4, 0.5) is 14.5 Å². The van der Waals surface area contributed by atoms with Gasteiger partial charge in [0, 0.05) is 12.5 Å². The number of nitrogens with zero attached hydrogens (tertiary/aromatic N) is 3. The molecule has 3 rings (SSSR count). The van der Waals surface area contributed by atoms with Gasteiger partial charge in [0.25, 0.3) is 11.7 Å². The maximum Gasteiger partial charge on any atom is 0.300 e. The summed E-state index contributed by atoms with van der Waals surface area (Å²) in [7, 11) is 0. The van der Waals surface area contributed by atoms with Gasteiger partial charge in [-0.2, -0.15) is 4.98 Å². The first-order valence-corrected chi connectivity index (χ1v) is 6.18. The predicted molar refractivity (Wildman–Crippen MR) is 65.6 cm³/mol. The zero-order chi connectivity index (χ0) is 15.1. The molecule has 1 aliphatic heterocycles. The van der Waals surface area contributed by atoms with Crippen LogP contribution in [0.5, 0.6) is 0 Å². The summed E-state index contributed by atoms with van der Waals surface area (Å²) >= 11 is 0. The number of amides is 1. The van der Waals surface area contributed by atoms with Crippen LogP contribution >= 0.6 is 0 Å². The first-order chi connectivity index (χ1) is 10.0. The molecule has 0 N–H and O–H groups in total. The molecule has 0 fully saturated rings. The number of rotatable bonds is 3. The molecule has 8 heteroatoms. The SMILES string of the molecule is CCc1noc(CN2C(=O)C(=O)c3cc(F)cc(F)c32)n1. The van der Waals surface area contributed by atoms with Gasteiger partial charge < -0.3 is 4.52 Å². The molecular formula is C13H9F2N3O3. The fourth-order valence-electron chi connectivity index (χ4n) is 2.14. The molecule has 0 saturated heterocycles. The van der Waals surface area contributed by atoms with Gasteiger partial charge in [-0.05, 0) is 6.07 Å². The van der Waals surface area contributed by atoms with E-state index in [1.165, 1.54) is 0 Å². The third kappa shape index (κ3) is 2.08. The van der Waals surface area contributed by atoms with E-state index in [2.05, 4.69) is 10.1 Å². The number of fused-ring (bicyclic) bond motifs is 1. The van der Waals surface area contributed by atoms with Crippen LogP contribution in [0.25, 0.3) is 0 Å². The summed E-state index contributed by atoms with van der Waals surface area (Å²) in [5.74, 6) is -3.31. The largest absolute Gasteiger partial charge is 0.337 e. The Morgan fingerprint density at radius 3 is 2.71 bits per heavy atom. The highest BCUT2D eigenvalue weighted by Gasteiger charge is 2.39. The summed E-state index contributed by atoms with van der Waals surface area (Å²) in [6.07, 6.45) is 0.534. The average molecular weight is 293 g/mol. The minimum Gasteiger partial charge on any atom is -0.337 e. The zero-order valence-corrected chi connectivity index (χ0v) is 10.9. The maximum absolute atomic E-state index is 13.9. The van der Waals surface area contributed by atoms with Crippen molar-refractivity contribution in [2.24, 2.45) is 0 Å². The van der Waals surface area contributed by atoms with Crippen LogP contribution in [-0.2, 0) is 17.8 Å². The van der Waals surface area contributed by atoms with Crippen LogP contribution in [0.3, 0.4) is 0 Å². The normalized spacial score (nSPS) is 14.0. The van der Waals surface area contributed by atoms with Crippen molar-refractivity contribution in [1.82, 2.24) is 10.1 Å². The van der Waals surface area contributed by atoms with Crippen molar-refractivity contribution < 1.29 is 22.9 Å². The number of benzene rings is 1. The number of carbonyl (C=O) groups is 2. The zero-order valence-electron chi connectivity index (χ0n) is 10.9. The van der Waals surface area contributed by atoms with Gasteiger partial charge in [-0.15, -0.1) is 0 Å². The van der Waals surface area contributed by atoms with Crippen LogP contribution in [0.15, 0.2) is 16.7 Å². The summed E-state index contributed by atoms with van der Waals surface area (Å²) in [4.78, 5) is 28.5. The highest BCUT2D eigenvalue weighted by molar-refractivity contribution is 6.52. The number of halogens is 2. The highest BCUT2D eigenvalue weighted by atomic mass is 19.1. The summed E-state index contributed by atoms with van der Waals surface area (Å²) in [5, 5.41) is 3.65. The molecule has 0 unspecified atom stereocenters. The van der Waals surface area contributed by atoms with Gasteiger partial charge in [-0.1, -0.05) is 12.1 Å². The number of aryl methyl sites for hydroxylation is 1. The first kappa shape index (κ1) is 13.3. The number of carbonyl (C=O) groups excluding carboxylic acids is 2. The minimum absolute atomic E-state index is 0.0737. The van der Waals surface area contributed by atoms with Crippen LogP contribution in [-0.4, -0.2) is 21.8 Å². The van der Waals surface area contributed by atoms with Crippen molar-refractivity contribution in [3.8, 4) is 0 Å². The number of anilines is 1. The molecule has 21 heavy (non-hydrogen) atoms. The molecule has 108 valence electrons. The smallest absolute Gasteiger partial charge is 0.300 e. The third-order valence-electron chi connectivity index (χ3n) is 3.10. The lowest BCUT2D eigenvalue weighted by Gasteiger charge is -2.14. The van der Waals surface area contributed by atoms with Crippen LogP contribution in [0, 0.1) is 11.6 Å². The fraction of sp³-hybridized carbons (Fsp3) is 0.231. The molecule has 0 saturated carbocycles. The summed E-state index contributed by atoms with van der Waals surface area (Å²) in [5.41, 5.74) is -0.560. The van der Waals surface area contributed by atoms with E-state index in [0.717, 1.165) is 11.0 Å². The van der Waals surface area contributed by atoms with E-state index in [4.69, 9.17) is 4.52 Å². The minimum atomic E-state index is -0.987. The van der Waals surface area contributed by atoms with Gasteiger partial charge in [0.15, 0.2) is 11.6 Å². The van der Waals surface area contributed by atoms with E-state index >= 15 is 0 Å². The number of ketones is 1. The van der Waals surface area contributed by atoms with Gasteiger partial charge in [-0.25, -0.2) is 8.78 Å². The predicted octanol–water partition coefficient (Wildman–Crippen LogP) is 1.64. The summed E-state index contributed by atoms with van der Waals surface area (Å²) < 4.78 is 31.9. The molecule has 6 nitrogen and oxygen atoms in total. The van der Waals surface area contributed by atoms with E-state index in [-0.39, 0.29) is 23.7 Å². The summed E-state index contributed by atoms with van der Waals surface area (Å²) in [6, 6.07) is 1.45. The van der Waals surface area contributed by atoms with E-state index in [1.807, 2.05) is 6.92 Å². The Morgan fingerprint density at radius 2 is 2.05 bits per heavy atom. The van der Waals surface area contributed by atoms with Gasteiger partial charge in [0.2, 0.25) is 5.89 Å². The van der Waals surface area contributed by atoms with Gasteiger partial charge in [0.05, 0.1) is 11.3 Å². The number of Topliss-reactive ketones (excluding diaryl/α,β-unsaturated/α-hetero) is 1. The average Bonchev–Trinajstić information content (AvgIpc) is 2.98. The molecule has 0 radical (unpaired) electrons. The lowest BCUT2D eigenvalue weighted by atomic mass is 10.1. The van der Waals surface area contributed by atoms with E-state index in [0.29, 0.717) is 18.3 Å². The number of hydrogen-bond acceptors (Lipinski definition) is 5. The third-order valence-corrected chi connectivity index (χ3v) is 3.10. The van der Waals surface area contributed by atoms with Crippen molar-refractivity contribution in [3.05, 3.63) is 41.0 Å². The maximum atomic E-state index is 13.9. The Labute approximate surface area is 117 Å². The van der Waals surface area contributed by atoms with E-state index in [9.17, 15) is 18.4 Å². The molecule has 0 bridgehead atoms. The van der Waals surface area contributed by atoms with E-state index < -0.39 is 23.3 Å². The number of aromatic nitrogens is 2. The number of hydrogen-bond donors (Lipinski definition) is 0. The second-order valence-corrected chi connectivity index (χ2v) is 4.46. The Hall–Kier alpha value is -2.64. The highest BCUT2D eigenvalue weighted by Crippen LogP contribution is 2.33. The summed E-state index contributed by atoms with van der Waals surface area (Å²) in [6.45, 7) is 1.57. The van der Waals surface area contributed by atoms with Crippen molar-refractivity contribution >= 4 is 17.4 Å². The van der Waals surface area contributed by atoms with Gasteiger partial charge in [-0.3, -0.25) is 14.5 Å². The monoisotopic (exact) mass is 293 g/mol. The van der Waals surface area contributed by atoms with Crippen LogP contribution in [0.1, 0.15) is 29.0 Å². The van der Waals surface area contributed by atoms with Crippen molar-refractivity contribution in [3.63, 3.8) is 0 Å². The van der Waals surface area contributed by atoms with Crippen molar-refractivity contribution in [2.75, 3.05) is 4.90 Å². The fourth-order valence-corrected chi connectivity index (χ4v) is 2.14. The van der Waals surface area contributed by atoms with Crippen molar-refractivity contribution in [1.29, 1.82) is 0 Å².